The van der Waals surface area contributed by atoms with Crippen LogP contribution in [0.2, 0.25) is 0 Å². The maximum atomic E-state index is 4.64. The van der Waals surface area contributed by atoms with Crippen LogP contribution in [0.3, 0.4) is 0 Å². The fourth-order valence-electron chi connectivity index (χ4n) is 6.50. The minimum atomic E-state index is 0. The Morgan fingerprint density at radius 2 is 0.902 bits per heavy atom. The molecule has 0 spiro atoms. The molecule has 8 aromatic rings. The Morgan fingerprint density at radius 1 is 0.431 bits per heavy atom. The van der Waals surface area contributed by atoms with Crippen molar-refractivity contribution in [2.75, 3.05) is 0 Å². The van der Waals surface area contributed by atoms with Crippen LogP contribution in [-0.4, -0.2) is 9.97 Å². The maximum absolute atomic E-state index is 4.64. The van der Waals surface area contributed by atoms with Gasteiger partial charge in [0.1, 0.15) is 0 Å². The molecule has 0 aliphatic heterocycles. The van der Waals surface area contributed by atoms with Crippen LogP contribution in [-0.2, 0) is 30.9 Å². The summed E-state index contributed by atoms with van der Waals surface area (Å²) in [5, 5.41) is 7.63. The molecule has 2 aromatic heterocycles. The molecule has 0 N–H and O–H groups in total. The van der Waals surface area contributed by atoms with E-state index in [9.17, 15) is 0 Å². The Hall–Kier alpha value is -4.95. The van der Waals surface area contributed by atoms with Gasteiger partial charge in [0.05, 0.1) is 0 Å². The molecule has 0 fully saturated rings. The number of pyridine rings is 2. The predicted molar refractivity (Wildman–Crippen MR) is 212 cm³/mol. The Labute approximate surface area is 316 Å². The second-order valence-corrected chi connectivity index (χ2v) is 15.0. The average Bonchev–Trinajstić information content (AvgIpc) is 3.15. The van der Waals surface area contributed by atoms with Crippen molar-refractivity contribution in [2.24, 2.45) is 0 Å². The Bertz CT molecular complexity index is 2420. The van der Waals surface area contributed by atoms with E-state index in [0.29, 0.717) is 0 Å². The topological polar surface area (TPSA) is 25.8 Å². The predicted octanol–water partition coefficient (Wildman–Crippen LogP) is 12.8. The third-order valence-electron chi connectivity index (χ3n) is 9.39. The summed E-state index contributed by atoms with van der Waals surface area (Å²) in [5.41, 5.74) is 9.22. The molecule has 0 bridgehead atoms. The Balaban J connectivity index is 0.000000178. The van der Waals surface area contributed by atoms with Gasteiger partial charge in [-0.1, -0.05) is 149 Å². The molecule has 6 aromatic carbocycles. The van der Waals surface area contributed by atoms with Crippen LogP contribution in [0.4, 0.5) is 0 Å². The third kappa shape index (κ3) is 7.71. The van der Waals surface area contributed by atoms with Crippen LogP contribution in [0.15, 0.2) is 146 Å². The van der Waals surface area contributed by atoms with Crippen molar-refractivity contribution >= 4 is 32.3 Å². The molecule has 1 radical (unpaired) electrons. The largest absolute Gasteiger partial charge is 0.305 e. The molecule has 8 rings (SSSR count). The van der Waals surface area contributed by atoms with Crippen molar-refractivity contribution in [3.05, 3.63) is 169 Å². The van der Waals surface area contributed by atoms with Gasteiger partial charge in [-0.15, -0.1) is 59.2 Å². The minimum Gasteiger partial charge on any atom is -0.305 e. The van der Waals surface area contributed by atoms with Crippen molar-refractivity contribution in [1.29, 1.82) is 0 Å². The van der Waals surface area contributed by atoms with Gasteiger partial charge in [-0.3, -0.25) is 0 Å². The molecule has 0 unspecified atom stereocenters. The summed E-state index contributed by atoms with van der Waals surface area (Å²) < 4.78 is 0. The molecule has 0 aliphatic carbocycles. The SMILES string of the molecule is CC(C)(C)c1ccnc(-c2[c-]cc3c4ccccc4c4ccccc4c3c2)c1.CC(C)(C)c1ccnc(-c2[c-]ccc(-c3ccccc3)c2)c1.[Ir]. The minimum absolute atomic E-state index is 0. The van der Waals surface area contributed by atoms with Crippen LogP contribution in [0.5, 0.6) is 0 Å². The quantitative estimate of drug-likeness (QED) is 0.131. The molecule has 51 heavy (non-hydrogen) atoms. The molecule has 0 amide bonds. The van der Waals surface area contributed by atoms with Gasteiger partial charge in [0.15, 0.2) is 0 Å². The average molecular weight is 839 g/mol. The Kier molecular flexibility index (Phi) is 10.4. The summed E-state index contributed by atoms with van der Waals surface area (Å²) in [7, 11) is 0. The van der Waals surface area contributed by atoms with Crippen molar-refractivity contribution < 1.29 is 20.1 Å². The van der Waals surface area contributed by atoms with Gasteiger partial charge in [-0.2, -0.15) is 0 Å². The normalized spacial score (nSPS) is 11.6. The van der Waals surface area contributed by atoms with E-state index in [-0.39, 0.29) is 30.9 Å². The molecule has 0 saturated carbocycles. The van der Waals surface area contributed by atoms with Crippen LogP contribution in [0.25, 0.3) is 66.0 Å². The van der Waals surface area contributed by atoms with Crippen LogP contribution in [0, 0.1) is 12.1 Å². The molecule has 0 saturated heterocycles. The number of benzene rings is 6. The van der Waals surface area contributed by atoms with E-state index in [4.69, 9.17) is 0 Å². The number of aromatic nitrogens is 2. The summed E-state index contributed by atoms with van der Waals surface area (Å²) in [4.78, 5) is 9.17. The van der Waals surface area contributed by atoms with Gasteiger partial charge in [0, 0.05) is 32.5 Å². The van der Waals surface area contributed by atoms with Gasteiger partial charge in [0.2, 0.25) is 0 Å². The first-order valence-corrected chi connectivity index (χ1v) is 17.3. The second kappa shape index (κ2) is 14.7. The summed E-state index contributed by atoms with van der Waals surface area (Å²) in [6, 6.07) is 53.7. The monoisotopic (exact) mass is 839 g/mol. The second-order valence-electron chi connectivity index (χ2n) is 15.0. The Morgan fingerprint density at radius 3 is 1.43 bits per heavy atom. The van der Waals surface area contributed by atoms with Gasteiger partial charge < -0.3 is 9.97 Å². The molecule has 2 nitrogen and oxygen atoms in total. The molecule has 0 atom stereocenters. The number of nitrogens with zero attached hydrogens (tertiary/aromatic N) is 2. The van der Waals surface area contributed by atoms with Gasteiger partial charge in [-0.05, 0) is 67.2 Å². The number of rotatable bonds is 3. The van der Waals surface area contributed by atoms with Crippen molar-refractivity contribution in [3.8, 4) is 33.6 Å². The van der Waals surface area contributed by atoms with E-state index < -0.39 is 0 Å². The fourth-order valence-corrected chi connectivity index (χ4v) is 6.50. The molecule has 2 heterocycles. The molecular weight excluding hydrogens is 797 g/mol. The summed E-state index contributed by atoms with van der Waals surface area (Å²) in [6.07, 6.45) is 3.80. The zero-order valence-corrected chi connectivity index (χ0v) is 32.5. The first kappa shape index (κ1) is 35.9. The van der Waals surface area contributed by atoms with Crippen LogP contribution in [0.1, 0.15) is 52.7 Å². The molecule has 0 aliphatic rings. The van der Waals surface area contributed by atoms with E-state index in [1.807, 2.05) is 24.5 Å². The van der Waals surface area contributed by atoms with Crippen LogP contribution >= 0.6 is 0 Å². The van der Waals surface area contributed by atoms with E-state index in [1.54, 1.807) is 0 Å². The molecule has 255 valence electrons. The van der Waals surface area contributed by atoms with E-state index in [0.717, 1.165) is 22.5 Å². The standard InChI is InChI=1S/C27H22N.C21H20N.Ir/c1-27(2,3)19-14-15-28-26(17-19)18-12-13-24-22-10-5-4-8-20(22)21-9-6-7-11-23(21)25(24)16-18;1-21(2,3)19-12-13-22-20(15-19)18-11-7-10-17(14-18)16-8-5-4-6-9-16;/h4-11,13-17H,1-3H3;4-10,12-15H,1-3H3;/q2*-1;. The summed E-state index contributed by atoms with van der Waals surface area (Å²) in [5.74, 6) is 0. The van der Waals surface area contributed by atoms with E-state index in [1.165, 1.54) is 54.6 Å². The fraction of sp³-hybridized carbons (Fsp3) is 0.167. The number of hydrogen-bond donors (Lipinski definition) is 0. The van der Waals surface area contributed by atoms with Crippen molar-refractivity contribution in [2.45, 2.75) is 52.4 Å². The van der Waals surface area contributed by atoms with E-state index in [2.05, 4.69) is 185 Å². The van der Waals surface area contributed by atoms with Crippen molar-refractivity contribution in [3.63, 3.8) is 0 Å². The van der Waals surface area contributed by atoms with Crippen LogP contribution < -0.4 is 0 Å². The third-order valence-corrected chi connectivity index (χ3v) is 9.39. The molecular formula is C48H42IrN2-2. The van der Waals surface area contributed by atoms with Gasteiger partial charge >= 0.3 is 0 Å². The zero-order valence-electron chi connectivity index (χ0n) is 30.1. The van der Waals surface area contributed by atoms with Gasteiger partial charge in [0.25, 0.3) is 0 Å². The van der Waals surface area contributed by atoms with Gasteiger partial charge in [-0.25, -0.2) is 0 Å². The number of fused-ring (bicyclic) bond motifs is 6. The van der Waals surface area contributed by atoms with Crippen molar-refractivity contribution in [1.82, 2.24) is 9.97 Å². The summed E-state index contributed by atoms with van der Waals surface area (Å²) in [6.45, 7) is 13.4. The first-order chi connectivity index (χ1) is 24.1. The summed E-state index contributed by atoms with van der Waals surface area (Å²) >= 11 is 0. The number of hydrogen-bond acceptors (Lipinski definition) is 2. The van der Waals surface area contributed by atoms with E-state index >= 15 is 0 Å². The smallest absolute Gasteiger partial charge is 0.0163 e. The molecule has 3 heteroatoms. The zero-order chi connectivity index (χ0) is 34.9. The maximum Gasteiger partial charge on any atom is 0.0163 e. The first-order valence-electron chi connectivity index (χ1n) is 17.3.